The van der Waals surface area contributed by atoms with Crippen molar-refractivity contribution in [2.45, 2.75) is 33.7 Å². The minimum absolute atomic E-state index is 0. The van der Waals surface area contributed by atoms with Crippen molar-refractivity contribution in [3.63, 3.8) is 0 Å². The predicted molar refractivity (Wildman–Crippen MR) is 97.8 cm³/mol. The number of aliphatic imine (C=N–C) groups is 1. The summed E-state index contributed by atoms with van der Waals surface area (Å²) in [4.78, 5) is 14.1. The molecule has 0 aliphatic carbocycles. The molecule has 0 amide bonds. The van der Waals surface area contributed by atoms with Crippen LogP contribution in [0.2, 0.25) is 0 Å². The van der Waals surface area contributed by atoms with Crippen molar-refractivity contribution in [3.8, 4) is 0 Å². The Morgan fingerprint density at radius 1 is 1.36 bits per heavy atom. The second-order valence-corrected chi connectivity index (χ2v) is 5.79. The standard InChI is InChI=1S/C13H20N6OS.HI/c1-4-14-13(17-8-11-18-10(3)20-19-11)15-6-5-12-16-7-9(2)21-12;/h7H,4-6,8H2,1-3H3,(H2,14,15,17);1H. The Hall–Kier alpha value is -1.23. The van der Waals surface area contributed by atoms with E-state index in [1.807, 2.05) is 13.1 Å². The SMILES string of the molecule is CCNC(=NCc1noc(C)n1)NCCc1ncc(C)s1.I. The molecule has 122 valence electrons. The van der Waals surface area contributed by atoms with E-state index in [1.54, 1.807) is 18.3 Å². The lowest BCUT2D eigenvalue weighted by molar-refractivity contribution is 0.387. The maximum atomic E-state index is 4.92. The van der Waals surface area contributed by atoms with E-state index in [1.165, 1.54) is 4.88 Å². The van der Waals surface area contributed by atoms with Crippen LogP contribution in [0.25, 0.3) is 0 Å². The molecule has 0 radical (unpaired) electrons. The van der Waals surface area contributed by atoms with Gasteiger partial charge in [-0.25, -0.2) is 9.98 Å². The molecule has 0 saturated heterocycles. The molecule has 0 saturated carbocycles. The molecule has 2 rings (SSSR count). The van der Waals surface area contributed by atoms with Gasteiger partial charge >= 0.3 is 0 Å². The first-order valence-corrected chi connectivity index (χ1v) is 7.71. The van der Waals surface area contributed by atoms with Gasteiger partial charge in [-0.05, 0) is 13.8 Å². The summed E-state index contributed by atoms with van der Waals surface area (Å²) in [6.07, 6.45) is 2.78. The molecular formula is C13H21IN6OS. The average molecular weight is 436 g/mol. The molecule has 9 heteroatoms. The van der Waals surface area contributed by atoms with Gasteiger partial charge in [-0.1, -0.05) is 5.16 Å². The molecule has 0 aromatic carbocycles. The second-order valence-electron chi connectivity index (χ2n) is 4.47. The smallest absolute Gasteiger partial charge is 0.223 e. The normalized spacial score (nSPS) is 11.1. The number of nitrogens with zero attached hydrogens (tertiary/aromatic N) is 4. The molecule has 0 fully saturated rings. The summed E-state index contributed by atoms with van der Waals surface area (Å²) < 4.78 is 4.92. The van der Waals surface area contributed by atoms with Crippen LogP contribution in [-0.4, -0.2) is 34.2 Å². The number of hydrogen-bond donors (Lipinski definition) is 2. The third kappa shape index (κ3) is 6.26. The number of hydrogen-bond acceptors (Lipinski definition) is 6. The summed E-state index contributed by atoms with van der Waals surface area (Å²) in [6, 6.07) is 0. The van der Waals surface area contributed by atoms with Crippen LogP contribution in [-0.2, 0) is 13.0 Å². The van der Waals surface area contributed by atoms with Crippen molar-refractivity contribution in [1.82, 2.24) is 25.8 Å². The first-order valence-electron chi connectivity index (χ1n) is 6.90. The van der Waals surface area contributed by atoms with Crippen LogP contribution in [0.15, 0.2) is 15.7 Å². The minimum Gasteiger partial charge on any atom is -0.357 e. The van der Waals surface area contributed by atoms with Crippen LogP contribution in [0.4, 0.5) is 0 Å². The topological polar surface area (TPSA) is 88.2 Å². The van der Waals surface area contributed by atoms with E-state index < -0.39 is 0 Å². The van der Waals surface area contributed by atoms with Gasteiger partial charge in [0.2, 0.25) is 5.89 Å². The lowest BCUT2D eigenvalue weighted by Crippen LogP contribution is -2.38. The molecule has 0 unspecified atom stereocenters. The van der Waals surface area contributed by atoms with E-state index in [9.17, 15) is 0 Å². The second kappa shape index (κ2) is 9.72. The van der Waals surface area contributed by atoms with Crippen LogP contribution < -0.4 is 10.6 Å². The van der Waals surface area contributed by atoms with Gasteiger partial charge in [0.05, 0.1) is 5.01 Å². The zero-order valence-electron chi connectivity index (χ0n) is 12.9. The molecule has 2 N–H and O–H groups in total. The van der Waals surface area contributed by atoms with Crippen LogP contribution in [0, 0.1) is 13.8 Å². The fraction of sp³-hybridized carbons (Fsp3) is 0.538. The van der Waals surface area contributed by atoms with E-state index in [-0.39, 0.29) is 24.0 Å². The van der Waals surface area contributed by atoms with E-state index in [4.69, 9.17) is 4.52 Å². The van der Waals surface area contributed by atoms with Gasteiger partial charge in [0.25, 0.3) is 0 Å². The number of thiazole rings is 1. The first kappa shape index (κ1) is 18.8. The number of aryl methyl sites for hydroxylation is 2. The Kier molecular flexibility index (Phi) is 8.31. The quantitative estimate of drug-likeness (QED) is 0.410. The molecule has 2 aromatic rings. The Morgan fingerprint density at radius 2 is 2.18 bits per heavy atom. The zero-order chi connectivity index (χ0) is 15.1. The fourth-order valence-electron chi connectivity index (χ4n) is 1.70. The van der Waals surface area contributed by atoms with Crippen molar-refractivity contribution in [2.24, 2.45) is 4.99 Å². The molecular weight excluding hydrogens is 415 g/mol. The average Bonchev–Trinajstić information content (AvgIpc) is 3.05. The highest BCUT2D eigenvalue weighted by atomic mass is 127. The summed E-state index contributed by atoms with van der Waals surface area (Å²) in [7, 11) is 0. The number of rotatable bonds is 6. The van der Waals surface area contributed by atoms with E-state index in [0.29, 0.717) is 18.3 Å². The molecule has 0 aliphatic rings. The van der Waals surface area contributed by atoms with Gasteiger partial charge in [0.15, 0.2) is 11.8 Å². The number of guanidine groups is 1. The van der Waals surface area contributed by atoms with E-state index >= 15 is 0 Å². The molecule has 0 spiro atoms. The summed E-state index contributed by atoms with van der Waals surface area (Å²) in [5.74, 6) is 1.88. The fourth-order valence-corrected chi connectivity index (χ4v) is 2.49. The molecule has 0 atom stereocenters. The number of nitrogens with one attached hydrogen (secondary N) is 2. The van der Waals surface area contributed by atoms with Gasteiger partial charge in [0.1, 0.15) is 6.54 Å². The molecule has 0 bridgehead atoms. The maximum absolute atomic E-state index is 4.92. The molecule has 22 heavy (non-hydrogen) atoms. The summed E-state index contributed by atoms with van der Waals surface area (Å²) in [6.45, 7) is 7.83. The molecule has 7 nitrogen and oxygen atoms in total. The Bertz CT molecular complexity index is 597. The highest BCUT2D eigenvalue weighted by Crippen LogP contribution is 2.10. The summed E-state index contributed by atoms with van der Waals surface area (Å²) >= 11 is 1.72. The third-order valence-electron chi connectivity index (χ3n) is 2.59. The van der Waals surface area contributed by atoms with E-state index in [0.717, 1.165) is 30.5 Å². The zero-order valence-corrected chi connectivity index (χ0v) is 16.1. The van der Waals surface area contributed by atoms with Crippen molar-refractivity contribution in [2.75, 3.05) is 13.1 Å². The summed E-state index contributed by atoms with van der Waals surface area (Å²) in [5.41, 5.74) is 0. The predicted octanol–water partition coefficient (Wildman–Crippen LogP) is 2.06. The van der Waals surface area contributed by atoms with Gasteiger partial charge in [-0.2, -0.15) is 4.98 Å². The van der Waals surface area contributed by atoms with Gasteiger partial charge in [0, 0.05) is 37.5 Å². The van der Waals surface area contributed by atoms with Crippen molar-refractivity contribution >= 4 is 41.3 Å². The highest BCUT2D eigenvalue weighted by Gasteiger charge is 2.03. The van der Waals surface area contributed by atoms with Gasteiger partial charge < -0.3 is 15.2 Å². The number of halogens is 1. The lowest BCUT2D eigenvalue weighted by Gasteiger charge is -2.09. The third-order valence-corrected chi connectivity index (χ3v) is 3.57. The lowest BCUT2D eigenvalue weighted by atomic mass is 10.4. The highest BCUT2D eigenvalue weighted by molar-refractivity contribution is 14.0. The van der Waals surface area contributed by atoms with Crippen molar-refractivity contribution in [1.29, 1.82) is 0 Å². The van der Waals surface area contributed by atoms with Crippen molar-refractivity contribution < 1.29 is 4.52 Å². The number of aromatic nitrogens is 3. The van der Waals surface area contributed by atoms with E-state index in [2.05, 4.69) is 37.7 Å². The Morgan fingerprint density at radius 3 is 2.77 bits per heavy atom. The monoisotopic (exact) mass is 436 g/mol. The Labute approximate surface area is 151 Å². The van der Waals surface area contributed by atoms with Gasteiger partial charge in [-0.3, -0.25) is 0 Å². The maximum Gasteiger partial charge on any atom is 0.223 e. The van der Waals surface area contributed by atoms with Crippen molar-refractivity contribution in [3.05, 3.63) is 27.8 Å². The summed E-state index contributed by atoms with van der Waals surface area (Å²) in [5, 5.41) is 11.4. The van der Waals surface area contributed by atoms with Crippen LogP contribution in [0.3, 0.4) is 0 Å². The Balaban J connectivity index is 0.00000242. The molecule has 2 heterocycles. The molecule has 2 aromatic heterocycles. The largest absolute Gasteiger partial charge is 0.357 e. The van der Waals surface area contributed by atoms with Gasteiger partial charge in [-0.15, -0.1) is 35.3 Å². The molecule has 0 aliphatic heterocycles. The minimum atomic E-state index is 0. The van der Waals surface area contributed by atoms with Crippen LogP contribution >= 0.6 is 35.3 Å². The first-order chi connectivity index (χ1) is 10.2. The van der Waals surface area contributed by atoms with Crippen LogP contribution in [0.5, 0.6) is 0 Å². The van der Waals surface area contributed by atoms with Crippen LogP contribution in [0.1, 0.15) is 28.5 Å².